The lowest BCUT2D eigenvalue weighted by Crippen LogP contribution is -2.65. The first-order valence-corrected chi connectivity index (χ1v) is 29.2. The molecule has 0 aromatic heterocycles. The second-order valence-electron chi connectivity index (χ2n) is 17.4. The van der Waals surface area contributed by atoms with Gasteiger partial charge >= 0.3 is 35.4 Å². The predicted molar refractivity (Wildman–Crippen MR) is 257 cm³/mol. The molecule has 1 aliphatic carbocycles. The van der Waals surface area contributed by atoms with Crippen LogP contribution in [0.5, 0.6) is 0 Å². The molecule has 0 aliphatic heterocycles. The molecule has 1 unspecified atom stereocenters. The number of esters is 2. The molecular formula is C45H88NO19P3. The minimum atomic E-state index is -5.60. The third-order valence-electron chi connectivity index (χ3n) is 11.2. The molecule has 0 spiro atoms. The highest BCUT2D eigenvalue weighted by Gasteiger charge is 2.56. The number of carbonyl (C=O) groups excluding carboxylic acids is 2. The average molecular weight is 1040 g/mol. The van der Waals surface area contributed by atoms with Gasteiger partial charge in [0.1, 0.15) is 43.2 Å². The molecule has 0 saturated heterocycles. The van der Waals surface area contributed by atoms with Gasteiger partial charge in [-0.3, -0.25) is 27.7 Å². The summed E-state index contributed by atoms with van der Waals surface area (Å²) in [5.41, 5.74) is 0. The van der Waals surface area contributed by atoms with Crippen LogP contribution in [0.1, 0.15) is 194 Å². The molecule has 0 aromatic rings. The molecule has 1 saturated carbocycles. The number of carbonyl (C=O) groups is 2. The van der Waals surface area contributed by atoms with Crippen LogP contribution < -0.4 is 6.15 Å². The second kappa shape index (κ2) is 39.2. The van der Waals surface area contributed by atoms with Gasteiger partial charge in [-0.2, -0.15) is 0 Å². The Morgan fingerprint density at radius 1 is 0.471 bits per heavy atom. The molecule has 1 fully saturated rings. The summed E-state index contributed by atoms with van der Waals surface area (Å²) >= 11 is 0. The predicted octanol–water partition coefficient (Wildman–Crippen LogP) is 9.23. The van der Waals surface area contributed by atoms with E-state index < -0.39 is 91.3 Å². The molecule has 0 heterocycles. The Morgan fingerprint density at radius 3 is 1.24 bits per heavy atom. The van der Waals surface area contributed by atoms with Gasteiger partial charge in [-0.05, 0) is 64.2 Å². The molecule has 20 nitrogen and oxygen atoms in total. The van der Waals surface area contributed by atoms with E-state index in [0.29, 0.717) is 12.8 Å². The van der Waals surface area contributed by atoms with Gasteiger partial charge in [0.05, 0.1) is 6.61 Å². The van der Waals surface area contributed by atoms with E-state index in [1.54, 1.807) is 0 Å². The highest BCUT2D eigenvalue weighted by molar-refractivity contribution is 7.47. The first-order chi connectivity index (χ1) is 31.8. The van der Waals surface area contributed by atoms with Crippen LogP contribution in [0.2, 0.25) is 0 Å². The van der Waals surface area contributed by atoms with Crippen molar-refractivity contribution in [3.63, 3.8) is 0 Å². The lowest BCUT2D eigenvalue weighted by atomic mass is 9.85. The van der Waals surface area contributed by atoms with Crippen molar-refractivity contribution in [1.29, 1.82) is 0 Å². The van der Waals surface area contributed by atoms with Crippen LogP contribution in [-0.4, -0.2) is 108 Å². The van der Waals surface area contributed by atoms with E-state index in [4.69, 9.17) is 18.5 Å². The smallest absolute Gasteiger partial charge is 0.462 e. The first kappa shape index (κ1) is 66.6. The van der Waals surface area contributed by atoms with Crippen molar-refractivity contribution in [2.75, 3.05) is 13.2 Å². The Bertz CT molecular complexity index is 1510. The lowest BCUT2D eigenvalue weighted by Gasteiger charge is -2.44. The molecule has 0 bridgehead atoms. The lowest BCUT2D eigenvalue weighted by molar-refractivity contribution is -0.213. The molecule has 8 atom stereocenters. The zero-order chi connectivity index (χ0) is 50.0. The van der Waals surface area contributed by atoms with E-state index in [2.05, 4.69) is 47.2 Å². The molecule has 23 heteroatoms. The largest absolute Gasteiger partial charge is 0.472 e. The van der Waals surface area contributed by atoms with Crippen LogP contribution in [-0.2, 0) is 50.9 Å². The Labute approximate surface area is 405 Å². The fourth-order valence-corrected chi connectivity index (χ4v) is 9.61. The van der Waals surface area contributed by atoms with Crippen LogP contribution in [0, 0.1) is 0 Å². The van der Waals surface area contributed by atoms with Crippen LogP contribution in [0.15, 0.2) is 24.3 Å². The summed E-state index contributed by atoms with van der Waals surface area (Å²) in [6, 6.07) is 0. The Kier molecular flexibility index (Phi) is 38.3. The van der Waals surface area contributed by atoms with Gasteiger partial charge in [0, 0.05) is 12.8 Å². The van der Waals surface area contributed by atoms with Gasteiger partial charge in [0.25, 0.3) is 0 Å². The maximum absolute atomic E-state index is 13.1. The normalized spacial score (nSPS) is 21.4. The minimum Gasteiger partial charge on any atom is -0.462 e. The summed E-state index contributed by atoms with van der Waals surface area (Å²) in [5, 5.41) is 31.9. The fraction of sp³-hybridized carbons (Fsp3) is 0.867. The van der Waals surface area contributed by atoms with Crippen molar-refractivity contribution in [3.05, 3.63) is 24.3 Å². The Morgan fingerprint density at radius 2 is 0.824 bits per heavy atom. The fourth-order valence-electron chi connectivity index (χ4n) is 7.51. The van der Waals surface area contributed by atoms with Crippen LogP contribution >= 0.6 is 23.5 Å². The molecule has 68 heavy (non-hydrogen) atoms. The number of aliphatic hydroxyl groups excluding tert-OH is 3. The number of hydrogen-bond acceptors (Lipinski definition) is 15. The van der Waals surface area contributed by atoms with Crippen molar-refractivity contribution in [1.82, 2.24) is 6.15 Å². The van der Waals surface area contributed by atoms with Crippen molar-refractivity contribution < 1.29 is 90.6 Å². The topological polar surface area (TPSA) is 338 Å². The van der Waals surface area contributed by atoms with Crippen molar-refractivity contribution >= 4 is 35.4 Å². The number of allylic oxidation sites excluding steroid dienone is 4. The number of ether oxygens (including phenoxy) is 2. The van der Waals surface area contributed by atoms with Gasteiger partial charge in [-0.25, -0.2) is 13.7 Å². The standard InChI is InChI=1S/C45H85O19P3.H3N/c1-3-5-7-9-11-13-15-17-19-21-23-25-27-29-31-33-38(46)59-35-37(61-39(47)34-32-30-28-26-24-22-20-18-16-14-12-10-8-6-4-2)36-60-67(57,58)64-43-40(48)41(49)44(62-65(51,52)53)45(42(43)50)63-66(54,55)56;/h17-20,37,40-45,48-50H,3-16,21-36H2,1-2H3,(H,57,58)(H2,51,52,53)(H2,54,55,56);1H3/b19-17-,20-18-;/t37-,40-,41-,42+,43+,44+,45+;/m1./s1. The molecule has 1 rings (SSSR count). The van der Waals surface area contributed by atoms with Gasteiger partial charge in [0.15, 0.2) is 6.10 Å². The van der Waals surface area contributed by atoms with E-state index in [1.807, 2.05) is 0 Å². The summed E-state index contributed by atoms with van der Waals surface area (Å²) < 4.78 is 65.5. The third-order valence-corrected chi connectivity index (χ3v) is 13.3. The van der Waals surface area contributed by atoms with Gasteiger partial charge < -0.3 is 55.4 Å². The molecule has 0 aromatic carbocycles. The molecule has 402 valence electrons. The van der Waals surface area contributed by atoms with E-state index in [-0.39, 0.29) is 19.0 Å². The Balaban J connectivity index is 0.0000449. The number of rotatable bonds is 42. The monoisotopic (exact) mass is 1040 g/mol. The van der Waals surface area contributed by atoms with Crippen molar-refractivity contribution in [2.24, 2.45) is 0 Å². The summed E-state index contributed by atoms with van der Waals surface area (Å²) in [6.45, 7) is 2.93. The highest BCUT2D eigenvalue weighted by Crippen LogP contribution is 2.51. The molecular weight excluding hydrogens is 951 g/mol. The third kappa shape index (κ3) is 34.8. The summed E-state index contributed by atoms with van der Waals surface area (Å²) in [4.78, 5) is 73.2. The van der Waals surface area contributed by atoms with Gasteiger partial charge in [-0.15, -0.1) is 0 Å². The van der Waals surface area contributed by atoms with Gasteiger partial charge in [-0.1, -0.05) is 141 Å². The molecule has 0 amide bonds. The minimum absolute atomic E-state index is 0. The zero-order valence-corrected chi connectivity index (χ0v) is 43.4. The maximum atomic E-state index is 13.1. The van der Waals surface area contributed by atoms with Crippen molar-refractivity contribution in [3.8, 4) is 0 Å². The summed E-state index contributed by atoms with van der Waals surface area (Å²) in [6.07, 6.45) is 20.5. The summed E-state index contributed by atoms with van der Waals surface area (Å²) in [5.74, 6) is -1.31. The molecule has 0 radical (unpaired) electrons. The number of hydrogen-bond donors (Lipinski definition) is 9. The zero-order valence-electron chi connectivity index (χ0n) is 40.7. The van der Waals surface area contributed by atoms with E-state index in [0.717, 1.165) is 77.0 Å². The number of aliphatic hydroxyl groups is 3. The highest BCUT2D eigenvalue weighted by atomic mass is 31.2. The van der Waals surface area contributed by atoms with Crippen LogP contribution in [0.25, 0.3) is 0 Å². The van der Waals surface area contributed by atoms with E-state index in [1.165, 1.54) is 77.0 Å². The SMILES string of the molecule is CCCCCCCC/C=C\CCCCCCCC(=O)OC[C@H](COP(=O)(O)O[C@H]1[C@H](O)[C@@H](O)[C@H](OP(=O)(O)O)[C@@H](OP(=O)(O)O)[C@H]1O)OC(=O)CCCCCCC/C=C\CCCCCCCC.N. The van der Waals surface area contributed by atoms with Gasteiger partial charge in [0.2, 0.25) is 0 Å². The number of phosphoric acid groups is 3. The second-order valence-corrected chi connectivity index (χ2v) is 21.2. The average Bonchev–Trinajstić information content (AvgIpc) is 3.25. The number of phosphoric ester groups is 3. The maximum Gasteiger partial charge on any atom is 0.472 e. The quantitative estimate of drug-likeness (QED) is 0.0119. The molecule has 11 N–H and O–H groups in total. The first-order valence-electron chi connectivity index (χ1n) is 24.6. The number of unbranched alkanes of at least 4 members (excludes halogenated alkanes) is 22. The van der Waals surface area contributed by atoms with Crippen LogP contribution in [0.3, 0.4) is 0 Å². The van der Waals surface area contributed by atoms with Crippen molar-refractivity contribution in [2.45, 2.75) is 236 Å². The van der Waals surface area contributed by atoms with E-state index in [9.17, 15) is 63.1 Å². The van der Waals surface area contributed by atoms with E-state index >= 15 is 0 Å². The molecule has 1 aliphatic rings. The van der Waals surface area contributed by atoms with Crippen LogP contribution in [0.4, 0.5) is 0 Å². The Hall–Kier alpha value is -1.41. The summed E-state index contributed by atoms with van der Waals surface area (Å²) in [7, 11) is -16.6.